The molecule has 0 spiro atoms. The molecule has 1 amide bonds. The van der Waals surface area contributed by atoms with E-state index >= 15 is 0 Å². The summed E-state index contributed by atoms with van der Waals surface area (Å²) < 4.78 is 26.4. The van der Waals surface area contributed by atoms with Crippen LogP contribution in [0.15, 0.2) is 36.4 Å². The topological polar surface area (TPSA) is 46.2 Å². The third kappa shape index (κ3) is 2.54. The molecular weight excluding hydrogens is 276 g/mol. The van der Waals surface area contributed by atoms with Gasteiger partial charge >= 0.3 is 0 Å². The van der Waals surface area contributed by atoms with Gasteiger partial charge in [-0.15, -0.1) is 0 Å². The number of hydrogen-bond acceptors (Lipinski definition) is 2. The molecule has 0 atom stereocenters. The lowest BCUT2D eigenvalue weighted by atomic mass is 9.94. The number of ketones is 1. The molecule has 0 bridgehead atoms. The molecule has 1 heterocycles. The number of amides is 1. The van der Waals surface area contributed by atoms with E-state index in [9.17, 15) is 18.4 Å². The van der Waals surface area contributed by atoms with E-state index in [4.69, 9.17) is 0 Å². The third-order valence-electron chi connectivity index (χ3n) is 3.42. The van der Waals surface area contributed by atoms with Crippen LogP contribution >= 0.6 is 0 Å². The lowest BCUT2D eigenvalue weighted by molar-refractivity contribution is 0.0946. The van der Waals surface area contributed by atoms with Crippen molar-refractivity contribution >= 4 is 11.7 Å². The number of fused-ring (bicyclic) bond motifs is 1. The van der Waals surface area contributed by atoms with Crippen molar-refractivity contribution in [3.05, 3.63) is 70.3 Å². The fourth-order valence-electron chi connectivity index (χ4n) is 2.40. The number of nitrogens with one attached hydrogen (secondary N) is 1. The summed E-state index contributed by atoms with van der Waals surface area (Å²) >= 11 is 0. The third-order valence-corrected chi connectivity index (χ3v) is 3.42. The highest BCUT2D eigenvalue weighted by molar-refractivity contribution is 6.10. The average molecular weight is 287 g/mol. The number of carbonyl (C=O) groups excluding carboxylic acids is 2. The van der Waals surface area contributed by atoms with Gasteiger partial charge in [-0.05, 0) is 30.2 Å². The summed E-state index contributed by atoms with van der Waals surface area (Å²) in [7, 11) is 0. The molecule has 3 nitrogen and oxygen atoms in total. The van der Waals surface area contributed by atoms with Gasteiger partial charge in [0.15, 0.2) is 5.78 Å². The molecule has 0 aromatic heterocycles. The van der Waals surface area contributed by atoms with E-state index in [1.165, 1.54) is 6.07 Å². The molecule has 0 aliphatic carbocycles. The molecule has 0 unspecified atom stereocenters. The van der Waals surface area contributed by atoms with Crippen LogP contribution in [0.2, 0.25) is 0 Å². The van der Waals surface area contributed by atoms with E-state index in [0.717, 1.165) is 17.7 Å². The van der Waals surface area contributed by atoms with E-state index < -0.39 is 17.4 Å². The van der Waals surface area contributed by atoms with E-state index in [1.54, 1.807) is 12.1 Å². The standard InChI is InChI=1S/C16H11F2NO2/c17-12-5-11(6-13(18)8-12)15(20)10-2-1-9-3-4-19-16(21)14(9)7-10/h1-2,5-8H,3-4H2,(H,19,21). The molecule has 106 valence electrons. The van der Waals surface area contributed by atoms with Gasteiger partial charge in [0, 0.05) is 29.3 Å². The van der Waals surface area contributed by atoms with Crippen molar-refractivity contribution in [2.45, 2.75) is 6.42 Å². The van der Waals surface area contributed by atoms with Crippen LogP contribution in [0.4, 0.5) is 8.78 Å². The Hall–Kier alpha value is -2.56. The maximum atomic E-state index is 13.2. The Bertz CT molecular complexity index is 736. The normalized spacial score (nSPS) is 13.5. The molecule has 3 rings (SSSR count). The Morgan fingerprint density at radius 2 is 1.71 bits per heavy atom. The summed E-state index contributed by atoms with van der Waals surface area (Å²) in [6.45, 7) is 0.564. The monoisotopic (exact) mass is 287 g/mol. The van der Waals surface area contributed by atoms with E-state index in [2.05, 4.69) is 5.32 Å². The Morgan fingerprint density at radius 1 is 1.00 bits per heavy atom. The fraction of sp³-hybridized carbons (Fsp3) is 0.125. The summed E-state index contributed by atoms with van der Waals surface area (Å²) in [5.41, 5.74) is 1.45. The molecule has 1 aliphatic heterocycles. The Balaban J connectivity index is 2.02. The summed E-state index contributed by atoms with van der Waals surface area (Å²) in [5, 5.41) is 2.69. The lowest BCUT2D eigenvalue weighted by Gasteiger charge is -2.16. The molecule has 0 saturated heterocycles. The van der Waals surface area contributed by atoms with Crippen molar-refractivity contribution in [2.24, 2.45) is 0 Å². The summed E-state index contributed by atoms with van der Waals surface area (Å²) in [6, 6.07) is 7.40. The Labute approximate surface area is 119 Å². The zero-order chi connectivity index (χ0) is 15.0. The van der Waals surface area contributed by atoms with Gasteiger partial charge in [0.1, 0.15) is 11.6 Å². The van der Waals surface area contributed by atoms with Crippen molar-refractivity contribution in [2.75, 3.05) is 6.54 Å². The first kappa shape index (κ1) is 13.4. The highest BCUT2D eigenvalue weighted by atomic mass is 19.1. The molecule has 2 aromatic carbocycles. The fourth-order valence-corrected chi connectivity index (χ4v) is 2.40. The summed E-state index contributed by atoms with van der Waals surface area (Å²) in [4.78, 5) is 24.0. The maximum Gasteiger partial charge on any atom is 0.251 e. The largest absolute Gasteiger partial charge is 0.352 e. The van der Waals surface area contributed by atoms with Crippen LogP contribution in [0, 0.1) is 11.6 Å². The molecule has 1 aliphatic rings. The van der Waals surface area contributed by atoms with Gasteiger partial charge in [-0.25, -0.2) is 8.78 Å². The molecular formula is C16H11F2NO2. The van der Waals surface area contributed by atoms with Crippen LogP contribution in [-0.2, 0) is 6.42 Å². The van der Waals surface area contributed by atoms with Crippen LogP contribution < -0.4 is 5.32 Å². The van der Waals surface area contributed by atoms with Gasteiger partial charge < -0.3 is 5.32 Å². The van der Waals surface area contributed by atoms with Gasteiger partial charge in [-0.2, -0.15) is 0 Å². The predicted molar refractivity (Wildman–Crippen MR) is 72.3 cm³/mol. The van der Waals surface area contributed by atoms with Gasteiger partial charge in [-0.1, -0.05) is 12.1 Å². The predicted octanol–water partition coefficient (Wildman–Crippen LogP) is 2.48. The molecule has 0 saturated carbocycles. The van der Waals surface area contributed by atoms with Crippen LogP contribution in [0.5, 0.6) is 0 Å². The second-order valence-electron chi connectivity index (χ2n) is 4.87. The van der Waals surface area contributed by atoms with Gasteiger partial charge in [-0.3, -0.25) is 9.59 Å². The van der Waals surface area contributed by atoms with Crippen molar-refractivity contribution < 1.29 is 18.4 Å². The van der Waals surface area contributed by atoms with Crippen LogP contribution in [0.25, 0.3) is 0 Å². The Kier molecular flexibility index (Phi) is 3.25. The van der Waals surface area contributed by atoms with Crippen LogP contribution in [-0.4, -0.2) is 18.2 Å². The molecule has 1 N–H and O–H groups in total. The second kappa shape index (κ2) is 5.09. The quantitative estimate of drug-likeness (QED) is 0.863. The van der Waals surface area contributed by atoms with E-state index in [1.807, 2.05) is 0 Å². The van der Waals surface area contributed by atoms with E-state index in [0.29, 0.717) is 24.6 Å². The number of rotatable bonds is 2. The molecule has 5 heteroatoms. The Morgan fingerprint density at radius 3 is 2.43 bits per heavy atom. The minimum Gasteiger partial charge on any atom is -0.352 e. The smallest absolute Gasteiger partial charge is 0.251 e. The van der Waals surface area contributed by atoms with Crippen molar-refractivity contribution in [3.63, 3.8) is 0 Å². The number of benzene rings is 2. The number of hydrogen-bond donors (Lipinski definition) is 1. The molecule has 2 aromatic rings. The minimum atomic E-state index is -0.811. The minimum absolute atomic E-state index is 0.0799. The van der Waals surface area contributed by atoms with Crippen molar-refractivity contribution in [1.29, 1.82) is 0 Å². The second-order valence-corrected chi connectivity index (χ2v) is 4.87. The number of carbonyl (C=O) groups is 2. The maximum absolute atomic E-state index is 13.2. The summed E-state index contributed by atoms with van der Waals surface area (Å²) in [6.07, 6.45) is 0.699. The number of halogens is 2. The van der Waals surface area contributed by atoms with E-state index in [-0.39, 0.29) is 17.0 Å². The first-order chi connectivity index (χ1) is 10.0. The van der Waals surface area contributed by atoms with Crippen molar-refractivity contribution in [1.82, 2.24) is 5.32 Å². The van der Waals surface area contributed by atoms with Crippen LogP contribution in [0.3, 0.4) is 0 Å². The van der Waals surface area contributed by atoms with Crippen LogP contribution in [0.1, 0.15) is 31.8 Å². The molecule has 0 fully saturated rings. The highest BCUT2D eigenvalue weighted by Crippen LogP contribution is 2.19. The molecule has 0 radical (unpaired) electrons. The lowest BCUT2D eigenvalue weighted by Crippen LogP contribution is -2.32. The SMILES string of the molecule is O=C(c1cc(F)cc(F)c1)c1ccc2c(c1)C(=O)NCC2. The first-order valence-electron chi connectivity index (χ1n) is 6.46. The van der Waals surface area contributed by atoms with Gasteiger partial charge in [0.05, 0.1) is 0 Å². The molecule has 21 heavy (non-hydrogen) atoms. The average Bonchev–Trinajstić information content (AvgIpc) is 2.45. The zero-order valence-electron chi connectivity index (χ0n) is 11.0. The van der Waals surface area contributed by atoms with Crippen molar-refractivity contribution in [3.8, 4) is 0 Å². The first-order valence-corrected chi connectivity index (χ1v) is 6.46. The van der Waals surface area contributed by atoms with Gasteiger partial charge in [0.25, 0.3) is 5.91 Å². The summed E-state index contributed by atoms with van der Waals surface area (Å²) in [5.74, 6) is -2.38. The highest BCUT2D eigenvalue weighted by Gasteiger charge is 2.19. The zero-order valence-corrected chi connectivity index (χ0v) is 11.0. The van der Waals surface area contributed by atoms with Gasteiger partial charge in [0.2, 0.25) is 0 Å².